The van der Waals surface area contributed by atoms with Gasteiger partial charge in [0.1, 0.15) is 6.04 Å². The van der Waals surface area contributed by atoms with Gasteiger partial charge in [0.25, 0.3) is 0 Å². The topological polar surface area (TPSA) is 64.3 Å². The second-order valence-corrected chi connectivity index (χ2v) is 3.90. The van der Waals surface area contributed by atoms with Crippen LogP contribution >= 0.6 is 0 Å². The number of carbonyl (C=O) groups is 1. The Morgan fingerprint density at radius 3 is 2.65 bits per heavy atom. The Kier molecular flexibility index (Phi) is 5.66. The first kappa shape index (κ1) is 13.7. The maximum absolute atomic E-state index is 11.8. The van der Waals surface area contributed by atoms with Gasteiger partial charge in [0, 0.05) is 13.2 Å². The third-order valence-corrected chi connectivity index (χ3v) is 2.46. The highest BCUT2D eigenvalue weighted by Gasteiger charge is 2.15. The predicted octanol–water partition coefficient (Wildman–Crippen LogP) is 1.23. The average Bonchev–Trinajstić information content (AvgIpc) is 2.36. The fourth-order valence-corrected chi connectivity index (χ4v) is 1.51. The minimum Gasteiger partial charge on any atom is -0.377 e. The van der Waals surface area contributed by atoms with Crippen molar-refractivity contribution in [1.82, 2.24) is 5.32 Å². The van der Waals surface area contributed by atoms with E-state index in [-0.39, 0.29) is 12.0 Å². The van der Waals surface area contributed by atoms with E-state index in [9.17, 15) is 4.79 Å². The van der Waals surface area contributed by atoms with Crippen molar-refractivity contribution in [1.29, 1.82) is 0 Å². The number of amides is 1. The molecule has 0 saturated carbocycles. The summed E-state index contributed by atoms with van der Waals surface area (Å²) < 4.78 is 5.32. The maximum Gasteiger partial charge on any atom is 0.241 e. The molecular formula is C13H20N2O2. The van der Waals surface area contributed by atoms with Crippen LogP contribution in [0, 0.1) is 0 Å². The molecule has 0 radical (unpaired) electrons. The van der Waals surface area contributed by atoms with Crippen molar-refractivity contribution in [2.45, 2.75) is 26.0 Å². The highest BCUT2D eigenvalue weighted by atomic mass is 16.5. The van der Waals surface area contributed by atoms with Gasteiger partial charge in [0.05, 0.1) is 6.10 Å². The lowest BCUT2D eigenvalue weighted by Gasteiger charge is -2.16. The lowest BCUT2D eigenvalue weighted by atomic mass is 10.1. The van der Waals surface area contributed by atoms with E-state index in [4.69, 9.17) is 10.5 Å². The van der Waals surface area contributed by atoms with Gasteiger partial charge in [-0.15, -0.1) is 0 Å². The molecule has 0 bridgehead atoms. The average molecular weight is 236 g/mol. The first-order valence-corrected chi connectivity index (χ1v) is 5.85. The van der Waals surface area contributed by atoms with Crippen molar-refractivity contribution < 1.29 is 9.53 Å². The molecule has 0 aliphatic heterocycles. The molecule has 0 spiro atoms. The van der Waals surface area contributed by atoms with Crippen LogP contribution in [0.2, 0.25) is 0 Å². The lowest BCUT2D eigenvalue weighted by molar-refractivity contribution is -0.123. The Bertz CT molecular complexity index is 341. The van der Waals surface area contributed by atoms with Gasteiger partial charge in [0.2, 0.25) is 5.91 Å². The number of hydrogen-bond acceptors (Lipinski definition) is 3. The maximum atomic E-state index is 11.8. The molecule has 1 unspecified atom stereocenters. The zero-order valence-electron chi connectivity index (χ0n) is 10.3. The van der Waals surface area contributed by atoms with Gasteiger partial charge in [-0.25, -0.2) is 0 Å². The molecule has 0 aromatic heterocycles. The monoisotopic (exact) mass is 236 g/mol. The summed E-state index contributed by atoms with van der Waals surface area (Å²) in [5.74, 6) is -0.178. The second-order valence-electron chi connectivity index (χ2n) is 3.90. The van der Waals surface area contributed by atoms with Gasteiger partial charge < -0.3 is 15.8 Å². The molecule has 4 heteroatoms. The van der Waals surface area contributed by atoms with Crippen molar-refractivity contribution in [3.8, 4) is 0 Å². The van der Waals surface area contributed by atoms with Crippen molar-refractivity contribution in [2.24, 2.45) is 5.73 Å². The van der Waals surface area contributed by atoms with Crippen LogP contribution in [0.4, 0.5) is 0 Å². The van der Waals surface area contributed by atoms with Crippen molar-refractivity contribution in [3.05, 3.63) is 35.9 Å². The minimum atomic E-state index is -0.620. The molecular weight excluding hydrogens is 216 g/mol. The summed E-state index contributed by atoms with van der Waals surface area (Å²) in [6.45, 7) is 4.96. The molecule has 2 atom stereocenters. The molecule has 0 fully saturated rings. The molecule has 0 heterocycles. The Balaban J connectivity index is 2.43. The van der Waals surface area contributed by atoms with E-state index >= 15 is 0 Å². The van der Waals surface area contributed by atoms with Crippen molar-refractivity contribution in [3.63, 3.8) is 0 Å². The molecule has 1 amide bonds. The van der Waals surface area contributed by atoms with Gasteiger partial charge in [-0.3, -0.25) is 4.79 Å². The van der Waals surface area contributed by atoms with E-state index in [2.05, 4.69) is 5.32 Å². The van der Waals surface area contributed by atoms with Crippen LogP contribution in [-0.4, -0.2) is 25.2 Å². The fourth-order valence-electron chi connectivity index (χ4n) is 1.51. The lowest BCUT2D eigenvalue weighted by Crippen LogP contribution is -2.38. The summed E-state index contributed by atoms with van der Waals surface area (Å²) in [7, 11) is 0. The zero-order chi connectivity index (χ0) is 12.7. The Morgan fingerprint density at radius 1 is 1.41 bits per heavy atom. The van der Waals surface area contributed by atoms with E-state index in [0.29, 0.717) is 13.2 Å². The predicted molar refractivity (Wildman–Crippen MR) is 67.5 cm³/mol. The second kappa shape index (κ2) is 7.04. The zero-order valence-corrected chi connectivity index (χ0v) is 10.3. The first-order valence-electron chi connectivity index (χ1n) is 5.85. The third kappa shape index (κ3) is 4.54. The Hall–Kier alpha value is -1.39. The molecule has 0 saturated heterocycles. The standard InChI is InChI=1S/C13H20N2O2/c1-3-17-10(2)9-15-13(16)12(14)11-7-5-4-6-8-11/h4-8,10,12H,3,9,14H2,1-2H3,(H,15,16)/t10?,12-/m0/s1. The van der Waals surface area contributed by atoms with Gasteiger partial charge in [-0.05, 0) is 19.4 Å². The molecule has 3 N–H and O–H groups in total. The van der Waals surface area contributed by atoms with Crippen LogP contribution in [0.15, 0.2) is 30.3 Å². The molecule has 17 heavy (non-hydrogen) atoms. The van der Waals surface area contributed by atoms with E-state index in [0.717, 1.165) is 5.56 Å². The number of benzene rings is 1. The van der Waals surface area contributed by atoms with Gasteiger partial charge in [-0.2, -0.15) is 0 Å². The highest BCUT2D eigenvalue weighted by molar-refractivity contribution is 5.82. The largest absolute Gasteiger partial charge is 0.377 e. The number of carbonyl (C=O) groups excluding carboxylic acids is 1. The summed E-state index contributed by atoms with van der Waals surface area (Å²) in [4.78, 5) is 11.8. The van der Waals surface area contributed by atoms with Crippen LogP contribution in [0.1, 0.15) is 25.5 Å². The molecule has 4 nitrogen and oxygen atoms in total. The van der Waals surface area contributed by atoms with Crippen molar-refractivity contribution in [2.75, 3.05) is 13.2 Å². The van der Waals surface area contributed by atoms with Crippen LogP contribution in [-0.2, 0) is 9.53 Å². The molecule has 94 valence electrons. The van der Waals surface area contributed by atoms with E-state index in [1.807, 2.05) is 44.2 Å². The van der Waals surface area contributed by atoms with Crippen LogP contribution < -0.4 is 11.1 Å². The molecule has 0 aliphatic rings. The van der Waals surface area contributed by atoms with Crippen LogP contribution in [0.5, 0.6) is 0 Å². The first-order chi connectivity index (χ1) is 8.15. The quantitative estimate of drug-likeness (QED) is 0.780. The van der Waals surface area contributed by atoms with E-state index in [1.165, 1.54) is 0 Å². The summed E-state index contributed by atoms with van der Waals surface area (Å²) in [6, 6.07) is 8.69. The highest BCUT2D eigenvalue weighted by Crippen LogP contribution is 2.09. The van der Waals surface area contributed by atoms with Gasteiger partial charge in [-0.1, -0.05) is 30.3 Å². The summed E-state index contributed by atoms with van der Waals surface area (Å²) >= 11 is 0. The smallest absolute Gasteiger partial charge is 0.241 e. The van der Waals surface area contributed by atoms with E-state index < -0.39 is 6.04 Å². The number of nitrogens with one attached hydrogen (secondary N) is 1. The number of hydrogen-bond donors (Lipinski definition) is 2. The SMILES string of the molecule is CCOC(C)CNC(=O)[C@@H](N)c1ccccc1. The molecule has 1 aromatic rings. The summed E-state index contributed by atoms with van der Waals surface area (Å²) in [6.07, 6.45) is 0.00641. The minimum absolute atomic E-state index is 0.00641. The third-order valence-electron chi connectivity index (χ3n) is 2.46. The Morgan fingerprint density at radius 2 is 2.06 bits per heavy atom. The molecule has 1 rings (SSSR count). The number of ether oxygens (including phenoxy) is 1. The summed E-state index contributed by atoms with van der Waals surface area (Å²) in [5, 5.41) is 2.78. The van der Waals surface area contributed by atoms with Crippen molar-refractivity contribution >= 4 is 5.91 Å². The fraction of sp³-hybridized carbons (Fsp3) is 0.462. The van der Waals surface area contributed by atoms with Gasteiger partial charge >= 0.3 is 0 Å². The van der Waals surface area contributed by atoms with Gasteiger partial charge in [0.15, 0.2) is 0 Å². The van der Waals surface area contributed by atoms with Crippen LogP contribution in [0.25, 0.3) is 0 Å². The molecule has 0 aliphatic carbocycles. The Labute approximate surface area is 102 Å². The molecule has 1 aromatic carbocycles. The van der Waals surface area contributed by atoms with Crippen LogP contribution in [0.3, 0.4) is 0 Å². The normalized spacial score (nSPS) is 14.1. The van der Waals surface area contributed by atoms with E-state index in [1.54, 1.807) is 0 Å². The number of rotatable bonds is 6. The number of nitrogens with two attached hydrogens (primary N) is 1. The summed E-state index contributed by atoms with van der Waals surface area (Å²) in [5.41, 5.74) is 6.66.